The lowest BCUT2D eigenvalue weighted by atomic mass is 10.1. The lowest BCUT2D eigenvalue weighted by Crippen LogP contribution is -1.97. The summed E-state index contributed by atoms with van der Waals surface area (Å²) in [7, 11) is 1.61. The summed E-state index contributed by atoms with van der Waals surface area (Å²) in [6.07, 6.45) is 0. The molecule has 0 radical (unpaired) electrons. The highest BCUT2D eigenvalue weighted by Gasteiger charge is 2.17. The fraction of sp³-hybridized carbons (Fsp3) is 0.100. The van der Waals surface area contributed by atoms with Crippen LogP contribution in [0.15, 0.2) is 22.7 Å². The Labute approximate surface area is 99.0 Å². The van der Waals surface area contributed by atoms with Gasteiger partial charge < -0.3 is 5.73 Å². The van der Waals surface area contributed by atoms with Crippen molar-refractivity contribution in [2.45, 2.75) is 0 Å². The van der Waals surface area contributed by atoms with E-state index >= 15 is 0 Å². The quantitative estimate of drug-likeness (QED) is 0.876. The first kappa shape index (κ1) is 11.1. The van der Waals surface area contributed by atoms with Gasteiger partial charge in [-0.2, -0.15) is 5.10 Å². The Hall–Kier alpha value is -1.43. The van der Waals surface area contributed by atoms with Gasteiger partial charge in [-0.3, -0.25) is 4.68 Å². The molecule has 0 atom stereocenters. The number of rotatable bonds is 1. The molecule has 2 aromatic rings. The number of hydrogen-bond donors (Lipinski definition) is 1. The average molecular weight is 288 g/mol. The number of nitrogens with two attached hydrogens (primary N) is 1. The Morgan fingerprint density at radius 2 is 2.06 bits per heavy atom. The van der Waals surface area contributed by atoms with E-state index in [2.05, 4.69) is 21.0 Å². The molecule has 0 spiro atoms. The Balaban J connectivity index is 2.71. The molecule has 0 aliphatic heterocycles. The highest BCUT2D eigenvalue weighted by atomic mass is 79.9. The van der Waals surface area contributed by atoms with Crippen molar-refractivity contribution in [3.05, 3.63) is 34.3 Å². The van der Waals surface area contributed by atoms with Gasteiger partial charge in [-0.05, 0) is 34.1 Å². The van der Waals surface area contributed by atoms with Gasteiger partial charge in [0.15, 0.2) is 5.82 Å². The lowest BCUT2D eigenvalue weighted by Gasteiger charge is -2.04. The van der Waals surface area contributed by atoms with E-state index in [0.29, 0.717) is 10.2 Å². The van der Waals surface area contributed by atoms with Crippen molar-refractivity contribution < 1.29 is 8.78 Å². The van der Waals surface area contributed by atoms with Crippen LogP contribution in [0.3, 0.4) is 0 Å². The molecule has 1 aromatic carbocycles. The van der Waals surface area contributed by atoms with Crippen LogP contribution in [0.1, 0.15) is 0 Å². The van der Waals surface area contributed by atoms with Crippen LogP contribution in [-0.2, 0) is 7.05 Å². The summed E-state index contributed by atoms with van der Waals surface area (Å²) in [6, 6.07) is 3.24. The predicted octanol–water partition coefficient (Wildman–Crippen LogP) is 2.71. The van der Waals surface area contributed by atoms with Gasteiger partial charge in [0.1, 0.15) is 11.6 Å². The number of nitrogens with zero attached hydrogens (tertiary/aromatic N) is 2. The van der Waals surface area contributed by atoms with E-state index in [1.165, 1.54) is 4.68 Å². The number of benzene rings is 1. The Morgan fingerprint density at radius 3 is 2.62 bits per heavy atom. The summed E-state index contributed by atoms with van der Waals surface area (Å²) in [6.45, 7) is 0. The first-order valence-electron chi connectivity index (χ1n) is 4.44. The van der Waals surface area contributed by atoms with Gasteiger partial charge in [-0.1, -0.05) is 0 Å². The van der Waals surface area contributed by atoms with Gasteiger partial charge in [0.25, 0.3) is 0 Å². The molecule has 84 valence electrons. The molecule has 2 rings (SSSR count). The number of aryl methyl sites for hydroxylation is 1. The van der Waals surface area contributed by atoms with Crippen LogP contribution in [0, 0.1) is 11.6 Å². The summed E-state index contributed by atoms with van der Waals surface area (Å²) in [4.78, 5) is 0. The molecule has 0 saturated heterocycles. The molecular weight excluding hydrogens is 280 g/mol. The SMILES string of the molecule is Cn1nc(N)c(Br)c1-c1cc(F)ccc1F. The topological polar surface area (TPSA) is 43.8 Å². The zero-order valence-electron chi connectivity index (χ0n) is 8.34. The van der Waals surface area contributed by atoms with Crippen LogP contribution >= 0.6 is 15.9 Å². The van der Waals surface area contributed by atoms with Gasteiger partial charge >= 0.3 is 0 Å². The van der Waals surface area contributed by atoms with Gasteiger partial charge in [0.05, 0.1) is 10.2 Å². The van der Waals surface area contributed by atoms with E-state index in [0.717, 1.165) is 18.2 Å². The molecule has 0 fully saturated rings. The zero-order chi connectivity index (χ0) is 11.9. The second kappa shape index (κ2) is 3.86. The molecule has 0 aliphatic rings. The highest BCUT2D eigenvalue weighted by Crippen LogP contribution is 2.33. The number of hydrogen-bond acceptors (Lipinski definition) is 2. The van der Waals surface area contributed by atoms with Crippen LogP contribution in [0.5, 0.6) is 0 Å². The molecule has 0 bridgehead atoms. The van der Waals surface area contributed by atoms with Crippen molar-refractivity contribution in [2.24, 2.45) is 7.05 Å². The zero-order valence-corrected chi connectivity index (χ0v) is 9.92. The summed E-state index contributed by atoms with van der Waals surface area (Å²) in [5.41, 5.74) is 6.11. The van der Waals surface area contributed by atoms with Gasteiger partial charge in [0, 0.05) is 12.6 Å². The second-order valence-electron chi connectivity index (χ2n) is 3.30. The third-order valence-electron chi connectivity index (χ3n) is 2.20. The van der Waals surface area contributed by atoms with Crippen molar-refractivity contribution in [1.82, 2.24) is 9.78 Å². The van der Waals surface area contributed by atoms with E-state index < -0.39 is 11.6 Å². The first-order chi connectivity index (χ1) is 7.50. The smallest absolute Gasteiger partial charge is 0.160 e. The van der Waals surface area contributed by atoms with Crippen molar-refractivity contribution in [3.8, 4) is 11.3 Å². The molecule has 6 heteroatoms. The molecule has 2 N–H and O–H groups in total. The maximum Gasteiger partial charge on any atom is 0.160 e. The average Bonchev–Trinajstić information content (AvgIpc) is 2.46. The maximum absolute atomic E-state index is 13.6. The lowest BCUT2D eigenvalue weighted by molar-refractivity contribution is 0.601. The molecule has 1 heterocycles. The van der Waals surface area contributed by atoms with Gasteiger partial charge in [-0.25, -0.2) is 8.78 Å². The van der Waals surface area contributed by atoms with E-state index in [1.54, 1.807) is 7.05 Å². The van der Waals surface area contributed by atoms with Crippen molar-refractivity contribution >= 4 is 21.7 Å². The summed E-state index contributed by atoms with van der Waals surface area (Å²) >= 11 is 3.20. The number of anilines is 1. The standard InChI is InChI=1S/C10H8BrF2N3/c1-16-9(8(11)10(14)15-16)6-4-5(12)2-3-7(6)13/h2-4H,1H3,(H2,14,15). The third kappa shape index (κ3) is 1.69. The van der Waals surface area contributed by atoms with Crippen molar-refractivity contribution in [3.63, 3.8) is 0 Å². The maximum atomic E-state index is 13.6. The second-order valence-corrected chi connectivity index (χ2v) is 4.09. The van der Waals surface area contributed by atoms with Gasteiger partial charge in [0.2, 0.25) is 0 Å². The Morgan fingerprint density at radius 1 is 1.38 bits per heavy atom. The number of nitrogen functional groups attached to an aromatic ring is 1. The van der Waals surface area contributed by atoms with Crippen LogP contribution in [-0.4, -0.2) is 9.78 Å². The fourth-order valence-corrected chi connectivity index (χ4v) is 2.04. The molecule has 3 nitrogen and oxygen atoms in total. The predicted molar refractivity (Wildman–Crippen MR) is 60.7 cm³/mol. The largest absolute Gasteiger partial charge is 0.381 e. The highest BCUT2D eigenvalue weighted by molar-refractivity contribution is 9.10. The molecule has 0 unspecified atom stereocenters. The van der Waals surface area contributed by atoms with Crippen LogP contribution in [0.4, 0.5) is 14.6 Å². The van der Waals surface area contributed by atoms with Crippen molar-refractivity contribution in [2.75, 3.05) is 5.73 Å². The minimum absolute atomic E-state index is 0.124. The summed E-state index contributed by atoms with van der Waals surface area (Å²) in [5, 5.41) is 3.92. The normalized spacial score (nSPS) is 10.8. The number of aromatic nitrogens is 2. The van der Waals surface area contributed by atoms with E-state index in [-0.39, 0.29) is 11.4 Å². The van der Waals surface area contributed by atoms with Crippen molar-refractivity contribution in [1.29, 1.82) is 0 Å². The van der Waals surface area contributed by atoms with E-state index in [1.807, 2.05) is 0 Å². The molecule has 0 saturated carbocycles. The Bertz CT molecular complexity index is 551. The third-order valence-corrected chi connectivity index (χ3v) is 2.98. The molecule has 1 aromatic heterocycles. The summed E-state index contributed by atoms with van der Waals surface area (Å²) < 4.78 is 28.5. The summed E-state index contributed by atoms with van der Waals surface area (Å²) in [5.74, 6) is -0.797. The molecule has 0 amide bonds. The Kier molecular flexibility index (Phi) is 2.67. The molecule has 0 aliphatic carbocycles. The minimum Gasteiger partial charge on any atom is -0.381 e. The van der Waals surface area contributed by atoms with Crippen LogP contribution in [0.25, 0.3) is 11.3 Å². The van der Waals surface area contributed by atoms with Crippen LogP contribution in [0.2, 0.25) is 0 Å². The molecular formula is C10H8BrF2N3. The molecule has 16 heavy (non-hydrogen) atoms. The van der Waals surface area contributed by atoms with Crippen LogP contribution < -0.4 is 5.73 Å². The first-order valence-corrected chi connectivity index (χ1v) is 5.23. The van der Waals surface area contributed by atoms with E-state index in [9.17, 15) is 8.78 Å². The monoisotopic (exact) mass is 287 g/mol. The minimum atomic E-state index is -0.523. The van der Waals surface area contributed by atoms with Gasteiger partial charge in [-0.15, -0.1) is 0 Å². The number of halogens is 3. The fourth-order valence-electron chi connectivity index (χ4n) is 1.49. The van der Waals surface area contributed by atoms with E-state index in [4.69, 9.17) is 5.73 Å².